The Balaban J connectivity index is 1.19. The van der Waals surface area contributed by atoms with Gasteiger partial charge in [-0.25, -0.2) is 4.98 Å². The quantitative estimate of drug-likeness (QED) is 0.212. The first-order chi connectivity index (χ1) is 26.1. The Hall–Kier alpha value is -5.57. The fourth-order valence-corrected chi connectivity index (χ4v) is 7.50. The minimum Gasteiger partial charge on any atom is -0.493 e. The highest BCUT2D eigenvalue weighted by Gasteiger charge is 2.37. The Kier molecular flexibility index (Phi) is 12.1. The van der Waals surface area contributed by atoms with Gasteiger partial charge < -0.3 is 39.0 Å². The zero-order valence-electron chi connectivity index (χ0n) is 31.0. The van der Waals surface area contributed by atoms with E-state index in [0.29, 0.717) is 102 Å². The van der Waals surface area contributed by atoms with Crippen molar-refractivity contribution in [2.75, 3.05) is 77.1 Å². The number of piperazine rings is 1. The van der Waals surface area contributed by atoms with Gasteiger partial charge in [0.15, 0.2) is 23.0 Å². The minimum absolute atomic E-state index is 0.101. The Morgan fingerprint density at radius 3 is 2.15 bits per heavy atom. The van der Waals surface area contributed by atoms with E-state index in [2.05, 4.69) is 5.32 Å². The Bertz CT molecular complexity index is 2020. The number of carbonyl (C=O) groups excluding carboxylic acids is 4. The molecule has 0 spiro atoms. The summed E-state index contributed by atoms with van der Waals surface area (Å²) in [5, 5.41) is 3.44. The molecule has 0 saturated carbocycles. The number of methoxy groups -OCH3 is 4. The zero-order valence-corrected chi connectivity index (χ0v) is 31.8. The summed E-state index contributed by atoms with van der Waals surface area (Å²) in [6.07, 6.45) is 1.16. The molecule has 3 aromatic carbocycles. The van der Waals surface area contributed by atoms with Crippen LogP contribution in [0.4, 0.5) is 11.8 Å². The molecule has 1 aromatic heterocycles. The maximum absolute atomic E-state index is 14.0. The number of ether oxygens (including phenoxy) is 4. The highest BCUT2D eigenvalue weighted by Crippen LogP contribution is 2.36. The molecule has 15 heteroatoms. The predicted octanol–water partition coefficient (Wildman–Crippen LogP) is 4.77. The largest absolute Gasteiger partial charge is 0.493 e. The average molecular weight is 757 g/mol. The number of thioether (sulfide) groups is 1. The number of likely N-dealkylation sites (tertiary alicyclic amines) is 1. The van der Waals surface area contributed by atoms with Gasteiger partial charge in [0.2, 0.25) is 22.9 Å². The molecule has 14 nitrogen and oxygen atoms in total. The van der Waals surface area contributed by atoms with E-state index >= 15 is 0 Å². The molecule has 2 fully saturated rings. The molecular formula is C39H44N6O8S. The molecule has 2 aliphatic heterocycles. The van der Waals surface area contributed by atoms with Crippen LogP contribution in [-0.2, 0) is 9.59 Å². The summed E-state index contributed by atoms with van der Waals surface area (Å²) in [5.41, 5.74) is 1.59. The van der Waals surface area contributed by atoms with Crippen LogP contribution in [0, 0.1) is 5.92 Å². The Morgan fingerprint density at radius 1 is 0.796 bits per heavy atom. The van der Waals surface area contributed by atoms with Crippen LogP contribution >= 0.6 is 11.8 Å². The van der Waals surface area contributed by atoms with E-state index in [1.807, 2.05) is 11.0 Å². The van der Waals surface area contributed by atoms with Gasteiger partial charge in [-0.3, -0.25) is 19.2 Å². The number of amides is 3. The zero-order chi connectivity index (χ0) is 38.4. The molecule has 2 unspecified atom stereocenters. The van der Waals surface area contributed by atoms with E-state index in [4.69, 9.17) is 28.9 Å². The van der Waals surface area contributed by atoms with Crippen molar-refractivity contribution in [1.29, 1.82) is 0 Å². The first-order valence-corrected chi connectivity index (χ1v) is 18.7. The number of carbonyl (C=O) groups is 4. The average Bonchev–Trinajstić information content (AvgIpc) is 3.72. The molecule has 4 aromatic rings. The lowest BCUT2D eigenvalue weighted by Gasteiger charge is -2.35. The van der Waals surface area contributed by atoms with Gasteiger partial charge in [-0.15, -0.1) is 0 Å². The molecule has 54 heavy (non-hydrogen) atoms. The van der Waals surface area contributed by atoms with E-state index in [-0.39, 0.29) is 28.7 Å². The van der Waals surface area contributed by atoms with Gasteiger partial charge in [0.1, 0.15) is 11.9 Å². The number of nitrogens with one attached hydrogen (secondary N) is 1. The molecule has 3 heterocycles. The molecule has 0 aliphatic carbocycles. The molecular weight excluding hydrogens is 713 g/mol. The van der Waals surface area contributed by atoms with Crippen LogP contribution in [0.1, 0.15) is 40.5 Å². The number of aromatic nitrogens is 2. The minimum atomic E-state index is -0.713. The molecule has 2 aliphatic rings. The van der Waals surface area contributed by atoms with Crippen LogP contribution in [0.5, 0.6) is 23.0 Å². The van der Waals surface area contributed by atoms with E-state index in [1.54, 1.807) is 78.4 Å². The van der Waals surface area contributed by atoms with E-state index in [9.17, 15) is 19.2 Å². The molecule has 1 N–H and O–H groups in total. The molecule has 3 amide bonds. The molecule has 284 valence electrons. The third kappa shape index (κ3) is 8.15. The summed E-state index contributed by atoms with van der Waals surface area (Å²) in [5.74, 6) is 1.69. The van der Waals surface area contributed by atoms with E-state index in [0.717, 1.165) is 11.8 Å². The van der Waals surface area contributed by atoms with Crippen LogP contribution < -0.4 is 29.2 Å². The van der Waals surface area contributed by atoms with Gasteiger partial charge in [0.25, 0.3) is 5.91 Å². The van der Waals surface area contributed by atoms with Crippen molar-refractivity contribution in [2.45, 2.75) is 25.8 Å². The fourth-order valence-electron chi connectivity index (χ4n) is 6.66. The fraction of sp³-hybridized carbons (Fsp3) is 0.385. The second-order valence-electron chi connectivity index (χ2n) is 13.0. The number of rotatable bonds is 12. The molecule has 0 radical (unpaired) electrons. The lowest BCUT2D eigenvalue weighted by atomic mass is 10.1. The first-order valence-electron chi connectivity index (χ1n) is 17.7. The second kappa shape index (κ2) is 17.1. The van der Waals surface area contributed by atoms with Crippen molar-refractivity contribution in [3.05, 3.63) is 71.8 Å². The SMILES string of the molecule is COc1ccc(C(=O)N2CCN(c3nc(NC(=O)C4CCCN4C(=O)C(C)CSC(=O)c4ccccc4)c4cc(OC)c(OC)cc4n3)CC2)cc1OC. The smallest absolute Gasteiger partial charge is 0.254 e. The summed E-state index contributed by atoms with van der Waals surface area (Å²) < 4.78 is 21.8. The van der Waals surface area contributed by atoms with Gasteiger partial charge in [-0.1, -0.05) is 49.0 Å². The third-order valence-electron chi connectivity index (χ3n) is 9.65. The number of nitrogens with zero attached hydrogens (tertiary/aromatic N) is 5. The van der Waals surface area contributed by atoms with Gasteiger partial charge in [-0.2, -0.15) is 4.98 Å². The van der Waals surface area contributed by atoms with Crippen LogP contribution in [0.25, 0.3) is 10.9 Å². The highest BCUT2D eigenvalue weighted by molar-refractivity contribution is 8.14. The van der Waals surface area contributed by atoms with E-state index < -0.39 is 12.0 Å². The molecule has 2 saturated heterocycles. The maximum Gasteiger partial charge on any atom is 0.254 e. The number of hydrogen-bond acceptors (Lipinski definition) is 12. The van der Waals surface area contributed by atoms with Crippen molar-refractivity contribution in [3.8, 4) is 23.0 Å². The second-order valence-corrected chi connectivity index (χ2v) is 14.0. The Labute approximate surface area is 318 Å². The maximum atomic E-state index is 14.0. The predicted molar refractivity (Wildman–Crippen MR) is 206 cm³/mol. The van der Waals surface area contributed by atoms with Crippen LogP contribution in [-0.4, -0.2) is 116 Å². The number of benzene rings is 3. The van der Waals surface area contributed by atoms with Crippen molar-refractivity contribution in [2.24, 2.45) is 5.92 Å². The summed E-state index contributed by atoms with van der Waals surface area (Å²) >= 11 is 1.10. The lowest BCUT2D eigenvalue weighted by molar-refractivity contribution is -0.139. The number of fused-ring (bicyclic) bond motifs is 1. The van der Waals surface area contributed by atoms with Crippen LogP contribution in [0.3, 0.4) is 0 Å². The van der Waals surface area contributed by atoms with Crippen LogP contribution in [0.15, 0.2) is 60.7 Å². The standard InChI is InChI=1S/C39H44N6O8S/c1-24(23-54-38(49)25-10-7-6-8-11-25)36(47)45-15-9-12-29(45)35(46)41-34-27-21-32(52-4)33(53-5)22-28(27)40-39(42-34)44-18-16-43(17-19-44)37(48)26-13-14-30(50-2)31(20-26)51-3/h6-8,10-11,13-14,20-22,24,29H,9,12,15-19,23H2,1-5H3,(H,40,41,42,46). The summed E-state index contributed by atoms with van der Waals surface area (Å²) in [6, 6.07) is 16.8. The topological polar surface area (TPSA) is 153 Å². The van der Waals surface area contributed by atoms with Crippen molar-refractivity contribution in [3.63, 3.8) is 0 Å². The summed E-state index contributed by atoms with van der Waals surface area (Å²) in [4.78, 5) is 68.7. The van der Waals surface area contributed by atoms with Crippen molar-refractivity contribution in [1.82, 2.24) is 19.8 Å². The molecule has 2 atom stereocenters. The van der Waals surface area contributed by atoms with Gasteiger partial charge >= 0.3 is 0 Å². The number of hydrogen-bond donors (Lipinski definition) is 1. The Morgan fingerprint density at radius 2 is 1.46 bits per heavy atom. The van der Waals surface area contributed by atoms with Crippen molar-refractivity contribution < 1.29 is 38.1 Å². The first kappa shape index (κ1) is 38.2. The number of anilines is 2. The molecule has 0 bridgehead atoms. The highest BCUT2D eigenvalue weighted by atomic mass is 32.2. The molecule has 6 rings (SSSR count). The summed E-state index contributed by atoms with van der Waals surface area (Å²) in [6.45, 7) is 3.93. The lowest BCUT2D eigenvalue weighted by Crippen LogP contribution is -2.49. The van der Waals surface area contributed by atoms with Gasteiger partial charge in [0, 0.05) is 67.0 Å². The summed E-state index contributed by atoms with van der Waals surface area (Å²) in [7, 11) is 6.13. The monoisotopic (exact) mass is 756 g/mol. The van der Waals surface area contributed by atoms with Crippen LogP contribution in [0.2, 0.25) is 0 Å². The van der Waals surface area contributed by atoms with Gasteiger partial charge in [0.05, 0.1) is 34.0 Å². The normalized spacial score (nSPS) is 16.2. The van der Waals surface area contributed by atoms with E-state index in [1.165, 1.54) is 21.3 Å². The van der Waals surface area contributed by atoms with Gasteiger partial charge in [-0.05, 0) is 37.1 Å². The van der Waals surface area contributed by atoms with Crippen molar-refractivity contribution >= 4 is 57.3 Å². The third-order valence-corrected chi connectivity index (χ3v) is 10.8.